The lowest BCUT2D eigenvalue weighted by atomic mass is 10.0. The number of carbonyl (C=O) groups is 3. The fourth-order valence-electron chi connectivity index (χ4n) is 4.54. The van der Waals surface area contributed by atoms with E-state index in [0.29, 0.717) is 22.5 Å². The molecule has 0 radical (unpaired) electrons. The Balaban J connectivity index is 1.23. The van der Waals surface area contributed by atoms with E-state index in [0.717, 1.165) is 5.69 Å². The number of carboxylic acids is 1. The molecule has 12 heteroatoms. The van der Waals surface area contributed by atoms with E-state index < -0.39 is 35.4 Å². The highest BCUT2D eigenvalue weighted by Gasteiger charge is 2.23. The molecule has 0 spiro atoms. The van der Waals surface area contributed by atoms with Crippen molar-refractivity contribution < 1.29 is 33.1 Å². The molecule has 0 bridgehead atoms. The number of para-hydroxylation sites is 1. The zero-order chi connectivity index (χ0) is 33.6. The molecule has 5 aromatic rings. The standard InChI is InChI=1S/C35H32FN5O6/c1-35(2,3)46-34(45)38-25-15-13-22(14-16-25)32-40-30(41-47-32)27-17-12-21(18-28(27)36)19-29(33(43)44)39-31(42)23-8-7-11-26(20-23)37-24-9-5-4-6-10-24/h4-18,20,29,37H,19H2,1-3H3,(H,38,45)(H,39,42)(H,43,44). The molecule has 1 heterocycles. The smallest absolute Gasteiger partial charge is 0.412 e. The summed E-state index contributed by atoms with van der Waals surface area (Å²) in [4.78, 5) is 41.3. The molecular weight excluding hydrogens is 605 g/mol. The number of anilines is 3. The van der Waals surface area contributed by atoms with Gasteiger partial charge in [0.2, 0.25) is 5.82 Å². The summed E-state index contributed by atoms with van der Waals surface area (Å²) in [6, 6.07) is 25.5. The molecule has 1 aromatic heterocycles. The number of rotatable bonds is 10. The van der Waals surface area contributed by atoms with Crippen molar-refractivity contribution in [1.82, 2.24) is 15.5 Å². The fraction of sp³-hybridized carbons (Fsp3) is 0.171. The Bertz CT molecular complexity index is 1890. The first-order chi connectivity index (χ1) is 22.4. The van der Waals surface area contributed by atoms with Crippen LogP contribution in [-0.4, -0.2) is 44.9 Å². The first kappa shape index (κ1) is 32.4. The van der Waals surface area contributed by atoms with Gasteiger partial charge in [-0.2, -0.15) is 4.98 Å². The van der Waals surface area contributed by atoms with Crippen LogP contribution in [0, 0.1) is 5.82 Å². The van der Waals surface area contributed by atoms with Gasteiger partial charge in [-0.1, -0.05) is 35.5 Å². The van der Waals surface area contributed by atoms with Crippen LogP contribution in [0.2, 0.25) is 0 Å². The lowest BCUT2D eigenvalue weighted by Gasteiger charge is -2.19. The summed E-state index contributed by atoms with van der Waals surface area (Å²) < 4.78 is 25.8. The number of carboxylic acid groups (broad SMARTS) is 1. The van der Waals surface area contributed by atoms with E-state index in [1.54, 1.807) is 69.3 Å². The van der Waals surface area contributed by atoms with E-state index in [-0.39, 0.29) is 29.3 Å². The highest BCUT2D eigenvalue weighted by molar-refractivity contribution is 5.97. The summed E-state index contributed by atoms with van der Waals surface area (Å²) in [5.41, 5.74) is 2.54. The van der Waals surface area contributed by atoms with Crippen molar-refractivity contribution in [2.75, 3.05) is 10.6 Å². The van der Waals surface area contributed by atoms with Gasteiger partial charge in [-0.3, -0.25) is 10.1 Å². The Morgan fingerprint density at radius 3 is 2.30 bits per heavy atom. The molecule has 47 heavy (non-hydrogen) atoms. The third kappa shape index (κ3) is 8.78. The minimum atomic E-state index is -1.32. The number of aromatic nitrogens is 2. The highest BCUT2D eigenvalue weighted by Crippen LogP contribution is 2.26. The van der Waals surface area contributed by atoms with Gasteiger partial charge in [0.25, 0.3) is 11.8 Å². The maximum Gasteiger partial charge on any atom is 0.412 e. The van der Waals surface area contributed by atoms with E-state index >= 15 is 4.39 Å². The molecule has 11 nitrogen and oxygen atoms in total. The largest absolute Gasteiger partial charge is 0.480 e. The van der Waals surface area contributed by atoms with E-state index in [9.17, 15) is 19.5 Å². The number of nitrogens with zero attached hydrogens (tertiary/aromatic N) is 2. The lowest BCUT2D eigenvalue weighted by Crippen LogP contribution is -2.42. The van der Waals surface area contributed by atoms with Gasteiger partial charge in [0.05, 0.1) is 5.56 Å². The third-order valence-electron chi connectivity index (χ3n) is 6.71. The summed E-state index contributed by atoms with van der Waals surface area (Å²) in [7, 11) is 0. The van der Waals surface area contributed by atoms with Gasteiger partial charge in [-0.05, 0) is 93.1 Å². The van der Waals surface area contributed by atoms with Gasteiger partial charge in [0, 0.05) is 34.6 Å². The van der Waals surface area contributed by atoms with Gasteiger partial charge >= 0.3 is 12.1 Å². The Kier molecular flexibility index (Phi) is 9.60. The van der Waals surface area contributed by atoms with Gasteiger partial charge in [0.15, 0.2) is 0 Å². The van der Waals surface area contributed by atoms with Crippen LogP contribution in [0.25, 0.3) is 22.8 Å². The molecule has 4 N–H and O–H groups in total. The number of aliphatic carboxylic acids is 1. The summed E-state index contributed by atoms with van der Waals surface area (Å²) in [6.07, 6.45) is -0.760. The molecule has 0 aliphatic carbocycles. The minimum absolute atomic E-state index is 0.00733. The van der Waals surface area contributed by atoms with E-state index in [1.807, 2.05) is 30.3 Å². The van der Waals surface area contributed by atoms with Gasteiger partial charge in [0.1, 0.15) is 17.5 Å². The van der Waals surface area contributed by atoms with E-state index in [4.69, 9.17) is 9.26 Å². The normalized spacial score (nSPS) is 11.7. The number of ether oxygens (including phenoxy) is 1. The van der Waals surface area contributed by atoms with Crippen molar-refractivity contribution in [3.05, 3.63) is 114 Å². The topological polar surface area (TPSA) is 156 Å². The molecule has 4 aromatic carbocycles. The third-order valence-corrected chi connectivity index (χ3v) is 6.71. The summed E-state index contributed by atoms with van der Waals surface area (Å²) in [5, 5.41) is 22.1. The second-order valence-electron chi connectivity index (χ2n) is 11.6. The molecule has 0 aliphatic heterocycles. The lowest BCUT2D eigenvalue weighted by molar-refractivity contribution is -0.139. The number of amides is 2. The number of halogens is 1. The number of nitrogens with one attached hydrogen (secondary N) is 3. The van der Waals surface area contributed by atoms with Gasteiger partial charge in [-0.25, -0.2) is 14.0 Å². The fourth-order valence-corrected chi connectivity index (χ4v) is 4.54. The quantitative estimate of drug-likeness (QED) is 0.126. The van der Waals surface area contributed by atoms with Crippen LogP contribution < -0.4 is 16.0 Å². The molecule has 0 fully saturated rings. The SMILES string of the molecule is CC(C)(C)OC(=O)Nc1ccc(-c2nc(-c3ccc(CC(NC(=O)c4cccc(Nc5ccccc5)c4)C(=O)O)cc3F)no2)cc1. The minimum Gasteiger partial charge on any atom is -0.480 e. The summed E-state index contributed by atoms with van der Waals surface area (Å²) in [6.45, 7) is 5.29. The number of carbonyl (C=O) groups excluding carboxylic acids is 2. The Labute approximate surface area is 269 Å². The summed E-state index contributed by atoms with van der Waals surface area (Å²) in [5.74, 6) is -2.42. The van der Waals surface area contributed by atoms with Gasteiger partial charge in [-0.15, -0.1) is 0 Å². The Morgan fingerprint density at radius 2 is 1.62 bits per heavy atom. The number of hydrogen-bond donors (Lipinski definition) is 4. The molecule has 1 atom stereocenters. The van der Waals surface area contributed by atoms with Crippen LogP contribution in [0.3, 0.4) is 0 Å². The number of benzene rings is 4. The van der Waals surface area contributed by atoms with Crippen molar-refractivity contribution in [3.8, 4) is 22.8 Å². The van der Waals surface area contributed by atoms with Crippen LogP contribution >= 0.6 is 0 Å². The molecule has 2 amide bonds. The van der Waals surface area contributed by atoms with Crippen molar-refractivity contribution in [2.45, 2.75) is 38.8 Å². The monoisotopic (exact) mass is 637 g/mol. The zero-order valence-electron chi connectivity index (χ0n) is 25.8. The predicted molar refractivity (Wildman–Crippen MR) is 174 cm³/mol. The molecule has 1 unspecified atom stereocenters. The van der Waals surface area contributed by atoms with Crippen molar-refractivity contribution in [1.29, 1.82) is 0 Å². The Hall–Kier alpha value is -6.04. The first-order valence-corrected chi connectivity index (χ1v) is 14.6. The van der Waals surface area contributed by atoms with Crippen molar-refractivity contribution >= 4 is 35.0 Å². The van der Waals surface area contributed by atoms with Crippen LogP contribution in [0.15, 0.2) is 102 Å². The molecule has 5 rings (SSSR count). The van der Waals surface area contributed by atoms with Crippen LogP contribution in [0.4, 0.5) is 26.2 Å². The average molecular weight is 638 g/mol. The highest BCUT2D eigenvalue weighted by atomic mass is 19.1. The van der Waals surface area contributed by atoms with E-state index in [1.165, 1.54) is 18.2 Å². The van der Waals surface area contributed by atoms with Crippen molar-refractivity contribution in [3.63, 3.8) is 0 Å². The maximum absolute atomic E-state index is 15.2. The molecule has 240 valence electrons. The predicted octanol–water partition coefficient (Wildman–Crippen LogP) is 7.06. The molecule has 0 aliphatic rings. The summed E-state index contributed by atoms with van der Waals surface area (Å²) >= 11 is 0. The molecular formula is C35H32FN5O6. The second kappa shape index (κ2) is 13.9. The van der Waals surface area contributed by atoms with E-state index in [2.05, 4.69) is 26.1 Å². The average Bonchev–Trinajstić information content (AvgIpc) is 3.51. The van der Waals surface area contributed by atoms with Crippen LogP contribution in [0.5, 0.6) is 0 Å². The van der Waals surface area contributed by atoms with Crippen LogP contribution in [-0.2, 0) is 16.0 Å². The number of hydrogen-bond acceptors (Lipinski definition) is 8. The molecule has 0 saturated heterocycles. The maximum atomic E-state index is 15.2. The van der Waals surface area contributed by atoms with Crippen molar-refractivity contribution in [2.24, 2.45) is 0 Å². The second-order valence-corrected chi connectivity index (χ2v) is 11.6. The first-order valence-electron chi connectivity index (χ1n) is 14.6. The Morgan fingerprint density at radius 1 is 0.894 bits per heavy atom. The van der Waals surface area contributed by atoms with Gasteiger partial charge < -0.3 is 25.0 Å². The molecule has 0 saturated carbocycles. The van der Waals surface area contributed by atoms with Crippen LogP contribution in [0.1, 0.15) is 36.7 Å². The zero-order valence-corrected chi connectivity index (χ0v) is 25.8.